The standard InChI is InChI=1S/C12H17NO4S/c1-8-6-10(9(2)18-8)12(16)13(4-5-17-3)7-11(14)15/h6H,4-5,7H2,1-3H3,(H,14,15). The first-order chi connectivity index (χ1) is 8.45. The highest BCUT2D eigenvalue weighted by Gasteiger charge is 2.21. The van der Waals surface area contributed by atoms with E-state index in [0.29, 0.717) is 12.2 Å². The number of carbonyl (C=O) groups excluding carboxylic acids is 1. The Labute approximate surface area is 110 Å². The second kappa shape index (κ2) is 6.51. The van der Waals surface area contributed by atoms with Crippen LogP contribution in [-0.4, -0.2) is 48.7 Å². The highest BCUT2D eigenvalue weighted by atomic mass is 32.1. The van der Waals surface area contributed by atoms with Crippen LogP contribution in [-0.2, 0) is 9.53 Å². The summed E-state index contributed by atoms with van der Waals surface area (Å²) < 4.78 is 4.89. The van der Waals surface area contributed by atoms with Crippen molar-refractivity contribution in [1.82, 2.24) is 4.90 Å². The summed E-state index contributed by atoms with van der Waals surface area (Å²) in [6, 6.07) is 1.80. The average molecular weight is 271 g/mol. The molecule has 1 heterocycles. The molecule has 0 spiro atoms. The third-order valence-electron chi connectivity index (χ3n) is 2.45. The van der Waals surface area contributed by atoms with Gasteiger partial charge in [0.2, 0.25) is 0 Å². The summed E-state index contributed by atoms with van der Waals surface area (Å²) in [7, 11) is 1.52. The second-order valence-corrected chi connectivity index (χ2v) is 5.40. The molecule has 0 fully saturated rings. The van der Waals surface area contributed by atoms with Crippen LogP contribution in [0.4, 0.5) is 0 Å². The van der Waals surface area contributed by atoms with Crippen LogP contribution in [0.5, 0.6) is 0 Å². The molecule has 0 aliphatic carbocycles. The Morgan fingerprint density at radius 1 is 1.44 bits per heavy atom. The van der Waals surface area contributed by atoms with Gasteiger partial charge in [0.15, 0.2) is 0 Å². The average Bonchev–Trinajstić information content (AvgIpc) is 2.62. The lowest BCUT2D eigenvalue weighted by atomic mass is 10.2. The van der Waals surface area contributed by atoms with Crippen molar-refractivity contribution in [2.45, 2.75) is 13.8 Å². The summed E-state index contributed by atoms with van der Waals surface area (Å²) in [6.45, 7) is 4.07. The number of hydrogen-bond donors (Lipinski definition) is 1. The quantitative estimate of drug-likeness (QED) is 0.852. The summed E-state index contributed by atoms with van der Waals surface area (Å²) in [5, 5.41) is 8.82. The monoisotopic (exact) mass is 271 g/mol. The van der Waals surface area contributed by atoms with Crippen LogP contribution in [0.2, 0.25) is 0 Å². The van der Waals surface area contributed by atoms with E-state index in [1.165, 1.54) is 23.3 Å². The van der Waals surface area contributed by atoms with Crippen LogP contribution < -0.4 is 0 Å². The van der Waals surface area contributed by atoms with Gasteiger partial charge in [0.05, 0.1) is 12.2 Å². The minimum atomic E-state index is -1.02. The second-order valence-electron chi connectivity index (χ2n) is 3.94. The van der Waals surface area contributed by atoms with E-state index in [2.05, 4.69) is 0 Å². The third kappa shape index (κ3) is 3.82. The number of aliphatic carboxylic acids is 1. The SMILES string of the molecule is COCCN(CC(=O)O)C(=O)c1cc(C)sc1C. The number of carbonyl (C=O) groups is 2. The third-order valence-corrected chi connectivity index (χ3v) is 3.42. The van der Waals surface area contributed by atoms with Gasteiger partial charge in [-0.25, -0.2) is 0 Å². The fourth-order valence-electron chi connectivity index (χ4n) is 1.63. The van der Waals surface area contributed by atoms with E-state index in [-0.39, 0.29) is 19.0 Å². The van der Waals surface area contributed by atoms with E-state index in [1.54, 1.807) is 6.07 Å². The molecule has 1 N–H and O–H groups in total. The van der Waals surface area contributed by atoms with Crippen molar-refractivity contribution in [3.8, 4) is 0 Å². The number of aryl methyl sites for hydroxylation is 2. The lowest BCUT2D eigenvalue weighted by molar-refractivity contribution is -0.137. The predicted molar refractivity (Wildman–Crippen MR) is 69.2 cm³/mol. The van der Waals surface area contributed by atoms with Gasteiger partial charge in [-0.3, -0.25) is 9.59 Å². The van der Waals surface area contributed by atoms with Gasteiger partial charge < -0.3 is 14.7 Å². The molecule has 1 aromatic heterocycles. The number of ether oxygens (including phenoxy) is 1. The van der Waals surface area contributed by atoms with Crippen LogP contribution in [0, 0.1) is 13.8 Å². The first-order valence-electron chi connectivity index (χ1n) is 5.52. The summed E-state index contributed by atoms with van der Waals surface area (Å²) >= 11 is 1.53. The van der Waals surface area contributed by atoms with Gasteiger partial charge >= 0.3 is 5.97 Å². The zero-order valence-corrected chi connectivity index (χ0v) is 11.5. The van der Waals surface area contributed by atoms with Crippen LogP contribution >= 0.6 is 11.3 Å². The van der Waals surface area contributed by atoms with E-state index >= 15 is 0 Å². The maximum Gasteiger partial charge on any atom is 0.323 e. The molecule has 0 atom stereocenters. The summed E-state index contributed by atoms with van der Waals surface area (Å²) in [5.41, 5.74) is 0.579. The Kier molecular flexibility index (Phi) is 5.30. The molecule has 0 radical (unpaired) electrons. The molecule has 0 saturated carbocycles. The van der Waals surface area contributed by atoms with Crippen LogP contribution in [0.1, 0.15) is 20.1 Å². The van der Waals surface area contributed by atoms with Gasteiger partial charge in [-0.1, -0.05) is 0 Å². The molecule has 1 aromatic rings. The zero-order chi connectivity index (χ0) is 13.7. The van der Waals surface area contributed by atoms with Gasteiger partial charge in [-0.15, -0.1) is 11.3 Å². The number of hydrogen-bond acceptors (Lipinski definition) is 4. The van der Waals surface area contributed by atoms with Crippen molar-refractivity contribution >= 4 is 23.2 Å². The first kappa shape index (κ1) is 14.7. The molecular weight excluding hydrogens is 254 g/mol. The molecule has 0 saturated heterocycles. The molecular formula is C12H17NO4S. The Morgan fingerprint density at radius 3 is 2.56 bits per heavy atom. The molecule has 1 rings (SSSR count). The number of nitrogens with zero attached hydrogens (tertiary/aromatic N) is 1. The zero-order valence-electron chi connectivity index (χ0n) is 10.7. The van der Waals surface area contributed by atoms with Crippen molar-refractivity contribution in [1.29, 1.82) is 0 Å². The van der Waals surface area contributed by atoms with Gasteiger partial charge in [-0.05, 0) is 19.9 Å². The lowest BCUT2D eigenvalue weighted by Crippen LogP contribution is -2.38. The smallest absolute Gasteiger partial charge is 0.323 e. The number of carboxylic acids is 1. The van der Waals surface area contributed by atoms with E-state index in [4.69, 9.17) is 9.84 Å². The summed E-state index contributed by atoms with van der Waals surface area (Å²) in [4.78, 5) is 26.2. The highest BCUT2D eigenvalue weighted by Crippen LogP contribution is 2.21. The fourth-order valence-corrected chi connectivity index (χ4v) is 2.55. The van der Waals surface area contributed by atoms with E-state index in [9.17, 15) is 9.59 Å². The van der Waals surface area contributed by atoms with E-state index < -0.39 is 5.97 Å². The van der Waals surface area contributed by atoms with E-state index in [1.807, 2.05) is 13.8 Å². The van der Waals surface area contributed by atoms with Gasteiger partial charge in [-0.2, -0.15) is 0 Å². The minimum Gasteiger partial charge on any atom is -0.480 e. The van der Waals surface area contributed by atoms with Gasteiger partial charge in [0.1, 0.15) is 6.54 Å². The molecule has 1 amide bonds. The van der Waals surface area contributed by atoms with Crippen molar-refractivity contribution < 1.29 is 19.4 Å². The first-order valence-corrected chi connectivity index (χ1v) is 6.34. The molecule has 5 nitrogen and oxygen atoms in total. The molecule has 0 aliphatic heterocycles. The van der Waals surface area contributed by atoms with Crippen molar-refractivity contribution in [2.75, 3.05) is 26.8 Å². The number of amides is 1. The Hall–Kier alpha value is -1.40. The minimum absolute atomic E-state index is 0.253. The van der Waals surface area contributed by atoms with Crippen molar-refractivity contribution in [2.24, 2.45) is 0 Å². The number of carboxylic acid groups (broad SMARTS) is 1. The molecule has 0 aliphatic rings. The number of rotatable bonds is 6. The van der Waals surface area contributed by atoms with Gasteiger partial charge in [0.25, 0.3) is 5.91 Å². The molecule has 0 unspecified atom stereocenters. The van der Waals surface area contributed by atoms with Crippen molar-refractivity contribution in [3.63, 3.8) is 0 Å². The molecule has 100 valence electrons. The molecule has 18 heavy (non-hydrogen) atoms. The number of methoxy groups -OCH3 is 1. The largest absolute Gasteiger partial charge is 0.480 e. The maximum atomic E-state index is 12.2. The lowest BCUT2D eigenvalue weighted by Gasteiger charge is -2.20. The Bertz CT molecular complexity index is 441. The Morgan fingerprint density at radius 2 is 2.11 bits per heavy atom. The molecule has 6 heteroatoms. The van der Waals surface area contributed by atoms with Gasteiger partial charge in [0, 0.05) is 23.4 Å². The highest BCUT2D eigenvalue weighted by molar-refractivity contribution is 7.12. The summed E-state index contributed by atoms with van der Waals surface area (Å²) in [6.07, 6.45) is 0. The fraction of sp³-hybridized carbons (Fsp3) is 0.500. The molecule has 0 bridgehead atoms. The topological polar surface area (TPSA) is 66.8 Å². The van der Waals surface area contributed by atoms with Crippen LogP contribution in [0.3, 0.4) is 0 Å². The normalized spacial score (nSPS) is 10.4. The van der Waals surface area contributed by atoms with Crippen molar-refractivity contribution in [3.05, 3.63) is 21.4 Å². The predicted octanol–water partition coefficient (Wildman–Crippen LogP) is 1.54. The summed E-state index contributed by atoms with van der Waals surface area (Å²) in [5.74, 6) is -1.28. The van der Waals surface area contributed by atoms with Crippen LogP contribution in [0.25, 0.3) is 0 Å². The van der Waals surface area contributed by atoms with E-state index in [0.717, 1.165) is 9.75 Å². The maximum absolute atomic E-state index is 12.2. The number of thiophene rings is 1. The van der Waals surface area contributed by atoms with Crippen LogP contribution in [0.15, 0.2) is 6.07 Å². The molecule has 0 aromatic carbocycles. The Balaban J connectivity index is 2.87.